The van der Waals surface area contributed by atoms with Crippen molar-refractivity contribution in [2.45, 2.75) is 12.2 Å². The molecule has 0 aliphatic carbocycles. The maximum Gasteiger partial charge on any atom is 0.229 e. The molecule has 0 saturated carbocycles. The highest BCUT2D eigenvalue weighted by Crippen LogP contribution is 2.22. The SMILES string of the molecule is COCCNS(=O)(=O)C(C)c1ccc(NS(C)(=O)=O)cc1. The first kappa shape index (κ1) is 17.9. The van der Waals surface area contributed by atoms with Gasteiger partial charge in [-0.3, -0.25) is 4.72 Å². The molecule has 1 aromatic carbocycles. The molecule has 1 rings (SSSR count). The van der Waals surface area contributed by atoms with Crippen LogP contribution < -0.4 is 9.44 Å². The van der Waals surface area contributed by atoms with Gasteiger partial charge in [-0.15, -0.1) is 0 Å². The van der Waals surface area contributed by atoms with Gasteiger partial charge in [0.2, 0.25) is 20.0 Å². The zero-order chi connectivity index (χ0) is 16.1. The van der Waals surface area contributed by atoms with Crippen LogP contribution in [0.15, 0.2) is 24.3 Å². The molecule has 1 unspecified atom stereocenters. The standard InChI is InChI=1S/C12H20N2O5S2/c1-10(21(17,18)13-8-9-19-2)11-4-6-12(7-5-11)14-20(3,15)16/h4-7,10,13-14H,8-9H2,1-3H3. The van der Waals surface area contributed by atoms with E-state index in [-0.39, 0.29) is 6.54 Å². The zero-order valence-corrected chi connectivity index (χ0v) is 13.8. The Morgan fingerprint density at radius 2 is 1.71 bits per heavy atom. The van der Waals surface area contributed by atoms with E-state index in [4.69, 9.17) is 4.74 Å². The Balaban J connectivity index is 2.81. The number of methoxy groups -OCH3 is 1. The fourth-order valence-corrected chi connectivity index (χ4v) is 3.32. The van der Waals surface area contributed by atoms with Crippen molar-refractivity contribution in [3.8, 4) is 0 Å². The van der Waals surface area contributed by atoms with Crippen LogP contribution in [0.4, 0.5) is 5.69 Å². The zero-order valence-electron chi connectivity index (χ0n) is 12.2. The Hall–Kier alpha value is -1.16. The molecular formula is C12H20N2O5S2. The third-order valence-corrected chi connectivity index (χ3v) is 5.17. The van der Waals surface area contributed by atoms with E-state index in [1.54, 1.807) is 19.1 Å². The van der Waals surface area contributed by atoms with Crippen LogP contribution in [0, 0.1) is 0 Å². The van der Waals surface area contributed by atoms with Crippen molar-refractivity contribution in [2.75, 3.05) is 31.2 Å². The summed E-state index contributed by atoms with van der Waals surface area (Å²) in [5.74, 6) is 0. The van der Waals surface area contributed by atoms with Gasteiger partial charge in [-0.1, -0.05) is 12.1 Å². The first-order valence-corrected chi connectivity index (χ1v) is 9.64. The summed E-state index contributed by atoms with van der Waals surface area (Å²) in [6.07, 6.45) is 1.05. The fraction of sp³-hybridized carbons (Fsp3) is 0.500. The Morgan fingerprint density at radius 1 is 1.14 bits per heavy atom. The van der Waals surface area contributed by atoms with Gasteiger partial charge < -0.3 is 4.74 Å². The Bertz CT molecular complexity index is 653. The molecule has 0 amide bonds. The first-order valence-electron chi connectivity index (χ1n) is 6.21. The monoisotopic (exact) mass is 336 g/mol. The summed E-state index contributed by atoms with van der Waals surface area (Å²) in [5.41, 5.74) is 0.956. The second-order valence-corrected chi connectivity index (χ2v) is 8.40. The van der Waals surface area contributed by atoms with Gasteiger partial charge in [0.15, 0.2) is 0 Å². The average Bonchev–Trinajstić information content (AvgIpc) is 2.37. The summed E-state index contributed by atoms with van der Waals surface area (Å²) in [7, 11) is -5.36. The molecule has 0 radical (unpaired) electrons. The normalized spacial score (nSPS) is 13.9. The van der Waals surface area contributed by atoms with Crippen molar-refractivity contribution in [1.82, 2.24) is 4.72 Å². The number of ether oxygens (including phenoxy) is 1. The second-order valence-electron chi connectivity index (χ2n) is 4.57. The lowest BCUT2D eigenvalue weighted by Crippen LogP contribution is -2.30. The summed E-state index contributed by atoms with van der Waals surface area (Å²) >= 11 is 0. The molecule has 120 valence electrons. The van der Waals surface area contributed by atoms with Crippen molar-refractivity contribution in [1.29, 1.82) is 0 Å². The molecule has 0 aromatic heterocycles. The first-order chi connectivity index (χ1) is 9.65. The van der Waals surface area contributed by atoms with E-state index in [9.17, 15) is 16.8 Å². The number of anilines is 1. The smallest absolute Gasteiger partial charge is 0.229 e. The second kappa shape index (κ2) is 7.21. The van der Waals surface area contributed by atoms with Gasteiger partial charge in [-0.25, -0.2) is 21.6 Å². The van der Waals surface area contributed by atoms with Crippen LogP contribution in [0.1, 0.15) is 17.7 Å². The van der Waals surface area contributed by atoms with E-state index >= 15 is 0 Å². The molecule has 1 aromatic rings. The molecule has 9 heteroatoms. The van der Waals surface area contributed by atoms with E-state index in [1.165, 1.54) is 19.2 Å². The predicted octanol–water partition coefficient (Wildman–Crippen LogP) is 0.685. The van der Waals surface area contributed by atoms with E-state index in [2.05, 4.69) is 9.44 Å². The highest BCUT2D eigenvalue weighted by atomic mass is 32.2. The van der Waals surface area contributed by atoms with Crippen LogP contribution in [-0.2, 0) is 24.8 Å². The molecule has 7 nitrogen and oxygen atoms in total. The molecule has 0 aliphatic rings. The molecule has 1 atom stereocenters. The molecule has 2 N–H and O–H groups in total. The predicted molar refractivity (Wildman–Crippen MR) is 82.1 cm³/mol. The van der Waals surface area contributed by atoms with Gasteiger partial charge in [0.1, 0.15) is 0 Å². The number of hydrogen-bond donors (Lipinski definition) is 2. The lowest BCUT2D eigenvalue weighted by molar-refractivity contribution is 0.204. The maximum atomic E-state index is 12.0. The minimum atomic E-state index is -3.50. The molecule has 21 heavy (non-hydrogen) atoms. The average molecular weight is 336 g/mol. The van der Waals surface area contributed by atoms with Crippen molar-refractivity contribution in [2.24, 2.45) is 0 Å². The summed E-state index contributed by atoms with van der Waals surface area (Å²) < 4.78 is 55.8. The minimum absolute atomic E-state index is 0.205. The number of rotatable bonds is 8. The molecule has 0 fully saturated rings. The Labute approximate surface area is 125 Å². The summed E-state index contributed by atoms with van der Waals surface area (Å²) in [6.45, 7) is 2.06. The topological polar surface area (TPSA) is 102 Å². The van der Waals surface area contributed by atoms with Gasteiger partial charge in [0.05, 0.1) is 18.1 Å². The molecule has 0 saturated heterocycles. The van der Waals surface area contributed by atoms with Crippen LogP contribution in [-0.4, -0.2) is 43.4 Å². The largest absolute Gasteiger partial charge is 0.383 e. The quantitative estimate of drug-likeness (QED) is 0.680. The van der Waals surface area contributed by atoms with E-state index in [0.29, 0.717) is 17.9 Å². The van der Waals surface area contributed by atoms with Gasteiger partial charge in [-0.2, -0.15) is 0 Å². The minimum Gasteiger partial charge on any atom is -0.383 e. The molecule has 0 spiro atoms. The Morgan fingerprint density at radius 3 is 2.19 bits per heavy atom. The van der Waals surface area contributed by atoms with Crippen molar-refractivity contribution >= 4 is 25.7 Å². The highest BCUT2D eigenvalue weighted by Gasteiger charge is 2.21. The molecular weight excluding hydrogens is 316 g/mol. The van der Waals surface area contributed by atoms with Gasteiger partial charge in [0.25, 0.3) is 0 Å². The number of nitrogens with one attached hydrogen (secondary N) is 2. The lowest BCUT2D eigenvalue weighted by atomic mass is 10.1. The summed E-state index contributed by atoms with van der Waals surface area (Å²) in [5, 5.41) is -0.748. The highest BCUT2D eigenvalue weighted by molar-refractivity contribution is 7.92. The maximum absolute atomic E-state index is 12.0. The molecule has 0 aliphatic heterocycles. The number of sulfonamides is 2. The van der Waals surface area contributed by atoms with Crippen molar-refractivity contribution in [3.05, 3.63) is 29.8 Å². The van der Waals surface area contributed by atoms with Crippen LogP contribution in [0.5, 0.6) is 0 Å². The van der Waals surface area contributed by atoms with Crippen LogP contribution in [0.25, 0.3) is 0 Å². The molecule has 0 heterocycles. The van der Waals surface area contributed by atoms with E-state index in [0.717, 1.165) is 6.26 Å². The third kappa shape index (κ3) is 6.00. The summed E-state index contributed by atoms with van der Waals surface area (Å²) in [4.78, 5) is 0. The number of benzene rings is 1. The number of hydrogen-bond acceptors (Lipinski definition) is 5. The van der Waals surface area contributed by atoms with Crippen molar-refractivity contribution < 1.29 is 21.6 Å². The Kier molecular flexibility index (Phi) is 6.14. The summed E-state index contributed by atoms with van der Waals surface area (Å²) in [6, 6.07) is 6.20. The molecule has 0 bridgehead atoms. The van der Waals surface area contributed by atoms with Gasteiger partial charge in [0, 0.05) is 19.3 Å². The van der Waals surface area contributed by atoms with Crippen LogP contribution >= 0.6 is 0 Å². The van der Waals surface area contributed by atoms with Crippen LogP contribution in [0.3, 0.4) is 0 Å². The third-order valence-electron chi connectivity index (χ3n) is 2.76. The van der Waals surface area contributed by atoms with Crippen LogP contribution in [0.2, 0.25) is 0 Å². The fourth-order valence-electron chi connectivity index (χ4n) is 1.63. The van der Waals surface area contributed by atoms with Gasteiger partial charge >= 0.3 is 0 Å². The van der Waals surface area contributed by atoms with E-state index < -0.39 is 25.3 Å². The van der Waals surface area contributed by atoms with Gasteiger partial charge in [-0.05, 0) is 24.6 Å². The van der Waals surface area contributed by atoms with Crippen molar-refractivity contribution in [3.63, 3.8) is 0 Å². The lowest BCUT2D eigenvalue weighted by Gasteiger charge is -2.14. The van der Waals surface area contributed by atoms with E-state index in [1.807, 2.05) is 0 Å².